The van der Waals surface area contributed by atoms with Crippen molar-refractivity contribution in [2.24, 2.45) is 4.99 Å². The Labute approximate surface area is 246 Å². The number of hydrogen-bond donors (Lipinski definition) is 0. The lowest BCUT2D eigenvalue weighted by Gasteiger charge is -2.36. The van der Waals surface area contributed by atoms with Gasteiger partial charge in [0, 0.05) is 11.1 Å². The van der Waals surface area contributed by atoms with Crippen molar-refractivity contribution in [3.63, 3.8) is 0 Å². The molecule has 0 saturated carbocycles. The van der Waals surface area contributed by atoms with Gasteiger partial charge in [0.05, 0.1) is 22.8 Å². The minimum Gasteiger partial charge on any atom is -0.822 e. The molecule has 0 spiro atoms. The van der Waals surface area contributed by atoms with E-state index in [0.717, 1.165) is 43.6 Å². The van der Waals surface area contributed by atoms with Crippen LogP contribution < -0.4 is 29.4 Å². The third-order valence-corrected chi connectivity index (χ3v) is 5.38. The Morgan fingerprint density at radius 3 is 2.12 bits per heavy atom. The molecule has 2 aromatic heterocycles. The Hall–Kier alpha value is -3.43. The standard InChI is InChI=1S/C25H28N4O4.2H3O4P/c1-4-28(5-2)16-8-9-18(3)26-25(30)22-17-19(27-23-11-7-6-10-21(22)23)12-13-20-14-15-24(33-20)29(31)32;2*1-5(2,3)4/h6-7,10-15,17H,4-5,8-9,16H2,1-3H3;2*(H3,1,2,3,4)/p-6/b13-12+,26-18?;;. The molecule has 16 nitrogen and oxygen atoms in total. The van der Waals surface area contributed by atoms with Crippen LogP contribution in [0.5, 0.6) is 0 Å². The maximum atomic E-state index is 13.0. The number of pyridine rings is 1. The molecule has 3 rings (SSSR count). The van der Waals surface area contributed by atoms with Crippen LogP contribution in [0.4, 0.5) is 5.88 Å². The van der Waals surface area contributed by atoms with Crippen molar-refractivity contribution in [2.75, 3.05) is 19.6 Å². The van der Waals surface area contributed by atoms with Crippen LogP contribution in [0.25, 0.3) is 23.1 Å². The van der Waals surface area contributed by atoms with Crippen molar-refractivity contribution < 1.29 is 52.6 Å². The maximum absolute atomic E-state index is 13.0. The van der Waals surface area contributed by atoms with E-state index in [1.54, 1.807) is 18.2 Å². The van der Waals surface area contributed by atoms with Crippen LogP contribution in [-0.4, -0.2) is 46.1 Å². The molecule has 0 aliphatic carbocycles. The van der Waals surface area contributed by atoms with Crippen molar-refractivity contribution in [2.45, 2.75) is 33.6 Å². The second kappa shape index (κ2) is 17.6. The molecule has 236 valence electrons. The van der Waals surface area contributed by atoms with Crippen LogP contribution >= 0.6 is 15.6 Å². The molecular formula is C25H28N4O12P2-6. The number of phosphoric acid groups is 2. The molecule has 0 aliphatic rings. The Bertz CT molecular complexity index is 1490. The third kappa shape index (κ3) is 16.7. The van der Waals surface area contributed by atoms with Gasteiger partial charge in [-0.3, -0.25) is 14.9 Å². The van der Waals surface area contributed by atoms with Gasteiger partial charge in [0.25, 0.3) is 5.91 Å². The van der Waals surface area contributed by atoms with Crippen LogP contribution in [0.2, 0.25) is 0 Å². The van der Waals surface area contributed by atoms with E-state index >= 15 is 0 Å². The molecule has 3 aromatic rings. The fourth-order valence-electron chi connectivity index (χ4n) is 3.54. The Kier molecular flexibility index (Phi) is 15.4. The minimum atomic E-state index is -5.39. The van der Waals surface area contributed by atoms with Crippen LogP contribution in [0.15, 0.2) is 51.9 Å². The first-order chi connectivity index (χ1) is 19.9. The van der Waals surface area contributed by atoms with Gasteiger partial charge in [-0.2, -0.15) is 15.6 Å². The zero-order chi connectivity index (χ0) is 32.8. The van der Waals surface area contributed by atoms with Crippen LogP contribution in [0.3, 0.4) is 0 Å². The summed E-state index contributed by atoms with van der Waals surface area (Å²) in [7, 11) is -10.8. The van der Waals surface area contributed by atoms with Gasteiger partial charge in [-0.25, -0.2) is 9.98 Å². The van der Waals surface area contributed by atoms with Gasteiger partial charge in [0.15, 0.2) is 0 Å². The summed E-state index contributed by atoms with van der Waals surface area (Å²) in [5.74, 6) is -0.313. The summed E-state index contributed by atoms with van der Waals surface area (Å²) in [6, 6.07) is 11.9. The van der Waals surface area contributed by atoms with E-state index < -0.39 is 20.6 Å². The predicted molar refractivity (Wildman–Crippen MR) is 146 cm³/mol. The minimum absolute atomic E-state index is 0.308. The van der Waals surface area contributed by atoms with Crippen molar-refractivity contribution >= 4 is 56.2 Å². The summed E-state index contributed by atoms with van der Waals surface area (Å²) in [6.45, 7) is 9.16. The van der Waals surface area contributed by atoms with Crippen molar-refractivity contribution in [3.05, 3.63) is 69.6 Å². The summed E-state index contributed by atoms with van der Waals surface area (Å²) < 4.78 is 22.2. The molecule has 1 aromatic carbocycles. The zero-order valence-electron chi connectivity index (χ0n) is 23.3. The van der Waals surface area contributed by atoms with Crippen molar-refractivity contribution in [1.29, 1.82) is 0 Å². The average Bonchev–Trinajstić information content (AvgIpc) is 3.37. The van der Waals surface area contributed by atoms with Gasteiger partial charge in [-0.15, -0.1) is 0 Å². The second-order valence-corrected chi connectivity index (χ2v) is 10.3. The molecule has 1 amide bonds. The highest BCUT2D eigenvalue weighted by Gasteiger charge is 2.13. The van der Waals surface area contributed by atoms with E-state index in [4.69, 9.17) is 42.9 Å². The van der Waals surface area contributed by atoms with Gasteiger partial charge < -0.3 is 47.8 Å². The second-order valence-electron chi connectivity index (χ2n) is 8.56. The SMILES string of the molecule is CCN(CC)CCCC(C)=NC(=O)c1cc(/C=C/c2ccc([N+](=O)[O-])o2)nc2ccccc12.O=P([O-])([O-])[O-].O=P([O-])([O-])[O-]. The van der Waals surface area contributed by atoms with Crippen LogP contribution in [0, 0.1) is 10.1 Å². The highest BCUT2D eigenvalue weighted by molar-refractivity contribution is 7.40. The quantitative estimate of drug-likeness (QED) is 0.122. The number of para-hydroxylation sites is 1. The molecule has 0 atom stereocenters. The Balaban J connectivity index is 0.000000798. The van der Waals surface area contributed by atoms with E-state index in [1.807, 2.05) is 31.2 Å². The van der Waals surface area contributed by atoms with E-state index in [9.17, 15) is 14.9 Å². The third-order valence-electron chi connectivity index (χ3n) is 5.38. The van der Waals surface area contributed by atoms with Gasteiger partial charge >= 0.3 is 5.88 Å². The van der Waals surface area contributed by atoms with Crippen LogP contribution in [-0.2, 0) is 9.13 Å². The van der Waals surface area contributed by atoms with E-state index in [0.29, 0.717) is 22.5 Å². The summed E-state index contributed by atoms with van der Waals surface area (Å²) >= 11 is 0. The van der Waals surface area contributed by atoms with Gasteiger partial charge in [0.1, 0.15) is 10.7 Å². The van der Waals surface area contributed by atoms with Gasteiger partial charge in [-0.1, -0.05) is 32.0 Å². The lowest BCUT2D eigenvalue weighted by Crippen LogP contribution is -2.24. The van der Waals surface area contributed by atoms with Crippen LogP contribution in [0.1, 0.15) is 55.4 Å². The molecule has 0 unspecified atom stereocenters. The molecule has 0 saturated heterocycles. The first kappa shape index (κ1) is 37.6. The molecule has 18 heteroatoms. The highest BCUT2D eigenvalue weighted by atomic mass is 31.2. The lowest BCUT2D eigenvalue weighted by molar-refractivity contribution is -0.434. The number of furan rings is 1. The normalized spacial score (nSPS) is 12.1. The Morgan fingerprint density at radius 1 is 1.00 bits per heavy atom. The summed E-state index contributed by atoms with van der Waals surface area (Å²) in [5.41, 5.74) is 2.47. The molecule has 0 fully saturated rings. The molecule has 0 radical (unpaired) electrons. The molecule has 0 N–H and O–H groups in total. The lowest BCUT2D eigenvalue weighted by atomic mass is 10.1. The average molecular weight is 638 g/mol. The smallest absolute Gasteiger partial charge is 0.433 e. The summed E-state index contributed by atoms with van der Waals surface area (Å²) in [6.07, 6.45) is 4.95. The van der Waals surface area contributed by atoms with Crippen molar-refractivity contribution in [1.82, 2.24) is 9.88 Å². The first-order valence-electron chi connectivity index (χ1n) is 12.5. The number of carbonyl (C=O) groups excluding carboxylic acids is 1. The number of benzene rings is 1. The zero-order valence-corrected chi connectivity index (χ0v) is 25.1. The highest BCUT2D eigenvalue weighted by Crippen LogP contribution is 2.22. The number of nitro groups is 1. The predicted octanol–water partition coefficient (Wildman–Crippen LogP) is -0.0197. The number of rotatable bonds is 10. The fraction of sp³-hybridized carbons (Fsp3) is 0.320. The summed E-state index contributed by atoms with van der Waals surface area (Å²) in [4.78, 5) is 85.8. The molecular weight excluding hydrogens is 610 g/mol. The molecule has 43 heavy (non-hydrogen) atoms. The number of hydrogen-bond acceptors (Lipinski definition) is 14. The van der Waals surface area contributed by atoms with Crippen molar-refractivity contribution in [3.8, 4) is 0 Å². The monoisotopic (exact) mass is 638 g/mol. The number of aromatic nitrogens is 1. The van der Waals surface area contributed by atoms with E-state index in [1.165, 1.54) is 12.1 Å². The van der Waals surface area contributed by atoms with Gasteiger partial charge in [-0.05, 0) is 69.8 Å². The number of carbonyl (C=O) groups is 1. The number of nitrogens with zero attached hydrogens (tertiary/aromatic N) is 4. The maximum Gasteiger partial charge on any atom is 0.433 e. The number of amides is 1. The van der Waals surface area contributed by atoms with Gasteiger partial charge in [0.2, 0.25) is 0 Å². The number of aliphatic imine (C=N–C) groups is 1. The molecule has 0 bridgehead atoms. The van der Waals surface area contributed by atoms with E-state index in [2.05, 4.69) is 28.7 Å². The number of fused-ring (bicyclic) bond motifs is 1. The molecule has 2 heterocycles. The fourth-order valence-corrected chi connectivity index (χ4v) is 3.54. The largest absolute Gasteiger partial charge is 0.822 e. The molecule has 0 aliphatic heterocycles. The van der Waals surface area contributed by atoms with E-state index in [-0.39, 0.29) is 11.8 Å². The topological polar surface area (TPSA) is 274 Å². The first-order valence-corrected chi connectivity index (χ1v) is 15.4. The Morgan fingerprint density at radius 2 is 1.58 bits per heavy atom. The summed E-state index contributed by atoms with van der Waals surface area (Å²) in [5, 5.41) is 11.5.